The van der Waals surface area contributed by atoms with Crippen LogP contribution in [0.15, 0.2) is 6.20 Å². The number of rotatable bonds is 2. The van der Waals surface area contributed by atoms with Crippen molar-refractivity contribution in [2.75, 3.05) is 0 Å². The van der Waals surface area contributed by atoms with E-state index in [1.807, 2.05) is 0 Å². The molecule has 0 aliphatic carbocycles. The first-order valence-corrected chi connectivity index (χ1v) is 5.74. The molecule has 0 aliphatic heterocycles. The molecule has 0 spiro atoms. The first-order valence-electron chi connectivity index (χ1n) is 4.12. The molecule has 0 bridgehead atoms. The molecule has 102 valence electrons. The zero-order valence-corrected chi connectivity index (χ0v) is 11.1. The maximum Gasteiger partial charge on any atom is 0.574 e. The summed E-state index contributed by atoms with van der Waals surface area (Å²) >= 11 is 6.56. The molecule has 0 N–H and O–H groups in total. The van der Waals surface area contributed by atoms with E-state index in [0.717, 1.165) is 0 Å². The third-order valence-corrected chi connectivity index (χ3v) is 2.81. The van der Waals surface area contributed by atoms with Crippen LogP contribution in [0.2, 0.25) is 0 Å². The fraction of sp³-hybridized carbons (Fsp3) is 0.375. The number of alkyl halides is 7. The Kier molecular flexibility index (Phi) is 4.57. The van der Waals surface area contributed by atoms with Crippen molar-refractivity contribution >= 4 is 34.2 Å². The van der Waals surface area contributed by atoms with Crippen molar-refractivity contribution in [3.63, 3.8) is 0 Å². The molecule has 18 heavy (non-hydrogen) atoms. The Morgan fingerprint density at radius 1 is 1.22 bits per heavy atom. The monoisotopic (exact) mass is 405 g/mol. The first-order chi connectivity index (χ1) is 8.06. The molecular weight excluding hydrogens is 402 g/mol. The Labute approximate surface area is 115 Å². The van der Waals surface area contributed by atoms with E-state index in [1.54, 1.807) is 0 Å². The highest BCUT2D eigenvalue weighted by Crippen LogP contribution is 2.39. The summed E-state index contributed by atoms with van der Waals surface area (Å²) in [5.41, 5.74) is -2.11. The predicted molar refractivity (Wildman–Crippen MR) is 58.2 cm³/mol. The number of pyridine rings is 1. The lowest BCUT2D eigenvalue weighted by molar-refractivity contribution is -0.276. The lowest BCUT2D eigenvalue weighted by Crippen LogP contribution is -2.21. The minimum absolute atomic E-state index is 0.356. The SMILES string of the molecule is FC(F)(F)Oc1ncc(I)c(C(F)(F)F)c1CCl. The van der Waals surface area contributed by atoms with Crippen LogP contribution in [0.4, 0.5) is 26.3 Å². The number of hydrogen-bond acceptors (Lipinski definition) is 2. The lowest BCUT2D eigenvalue weighted by atomic mass is 10.1. The summed E-state index contributed by atoms with van der Waals surface area (Å²) in [6.45, 7) is 0. The topological polar surface area (TPSA) is 22.1 Å². The van der Waals surface area contributed by atoms with E-state index < -0.39 is 35.4 Å². The molecule has 1 aromatic rings. The lowest BCUT2D eigenvalue weighted by Gasteiger charge is -2.17. The van der Waals surface area contributed by atoms with Crippen molar-refractivity contribution in [3.05, 3.63) is 20.9 Å². The highest BCUT2D eigenvalue weighted by molar-refractivity contribution is 14.1. The number of ether oxygens (including phenoxy) is 1. The standard InChI is InChI=1S/C8H3ClF6INO/c9-1-3-5(7(10,11)12)4(16)2-17-6(3)18-8(13,14)15/h2H,1H2. The van der Waals surface area contributed by atoms with Crippen molar-refractivity contribution in [2.45, 2.75) is 18.4 Å². The van der Waals surface area contributed by atoms with Gasteiger partial charge in [0.2, 0.25) is 5.88 Å². The van der Waals surface area contributed by atoms with Gasteiger partial charge in [0.05, 0.1) is 11.4 Å². The molecule has 1 aromatic heterocycles. The van der Waals surface area contributed by atoms with Gasteiger partial charge in [-0.25, -0.2) is 4.98 Å². The van der Waals surface area contributed by atoms with Crippen LogP contribution in [0.1, 0.15) is 11.1 Å². The van der Waals surface area contributed by atoms with Crippen LogP contribution >= 0.6 is 34.2 Å². The average molecular weight is 405 g/mol. The van der Waals surface area contributed by atoms with E-state index in [9.17, 15) is 26.3 Å². The summed E-state index contributed by atoms with van der Waals surface area (Å²) in [6, 6.07) is 0. The summed E-state index contributed by atoms with van der Waals surface area (Å²) in [5, 5.41) is 0. The van der Waals surface area contributed by atoms with E-state index in [-0.39, 0.29) is 3.57 Å². The maximum absolute atomic E-state index is 12.7. The minimum Gasteiger partial charge on any atom is -0.388 e. The van der Waals surface area contributed by atoms with Gasteiger partial charge in [0, 0.05) is 15.3 Å². The van der Waals surface area contributed by atoms with Gasteiger partial charge in [-0.3, -0.25) is 0 Å². The van der Waals surface area contributed by atoms with Gasteiger partial charge in [-0.05, 0) is 22.6 Å². The summed E-state index contributed by atoms with van der Waals surface area (Å²) in [4.78, 5) is 3.17. The molecule has 0 saturated carbocycles. The number of hydrogen-bond donors (Lipinski definition) is 0. The number of halogens is 8. The molecule has 0 radical (unpaired) electrons. The van der Waals surface area contributed by atoms with E-state index in [0.29, 0.717) is 6.20 Å². The molecule has 1 rings (SSSR count). The maximum atomic E-state index is 12.7. The van der Waals surface area contributed by atoms with Crippen molar-refractivity contribution < 1.29 is 31.1 Å². The van der Waals surface area contributed by atoms with Gasteiger partial charge in [-0.2, -0.15) is 13.2 Å². The van der Waals surface area contributed by atoms with Gasteiger partial charge < -0.3 is 4.74 Å². The second-order valence-electron chi connectivity index (χ2n) is 2.94. The largest absolute Gasteiger partial charge is 0.574 e. The second kappa shape index (κ2) is 5.27. The summed E-state index contributed by atoms with van der Waals surface area (Å²) in [6.07, 6.45) is -9.34. The molecule has 0 aliphatic rings. The Balaban J connectivity index is 3.39. The first kappa shape index (κ1) is 15.6. The van der Waals surface area contributed by atoms with Crippen LogP contribution in [-0.2, 0) is 12.1 Å². The van der Waals surface area contributed by atoms with Crippen LogP contribution in [-0.4, -0.2) is 11.3 Å². The molecule has 0 atom stereocenters. The van der Waals surface area contributed by atoms with Gasteiger partial charge in [-0.1, -0.05) is 0 Å². The van der Waals surface area contributed by atoms with Crippen molar-refractivity contribution in [1.29, 1.82) is 0 Å². The van der Waals surface area contributed by atoms with Gasteiger partial charge in [0.1, 0.15) is 0 Å². The van der Waals surface area contributed by atoms with Gasteiger partial charge in [0.15, 0.2) is 0 Å². The molecule has 1 heterocycles. The predicted octanol–water partition coefficient (Wildman–Crippen LogP) is 4.34. The molecule has 10 heteroatoms. The summed E-state index contributed by atoms with van der Waals surface area (Å²) in [7, 11) is 0. The van der Waals surface area contributed by atoms with Crippen molar-refractivity contribution in [1.82, 2.24) is 4.98 Å². The molecular formula is C8H3ClF6INO. The third kappa shape index (κ3) is 3.77. The van der Waals surface area contributed by atoms with Crippen LogP contribution in [0.3, 0.4) is 0 Å². The zero-order chi connectivity index (χ0) is 14.1. The quantitative estimate of drug-likeness (QED) is 0.415. The van der Waals surface area contributed by atoms with Crippen molar-refractivity contribution in [2.24, 2.45) is 0 Å². The van der Waals surface area contributed by atoms with Gasteiger partial charge >= 0.3 is 12.5 Å². The molecule has 0 saturated heterocycles. The van der Waals surface area contributed by atoms with E-state index >= 15 is 0 Å². The van der Waals surface area contributed by atoms with Crippen LogP contribution in [0.25, 0.3) is 0 Å². The second-order valence-corrected chi connectivity index (χ2v) is 4.37. The fourth-order valence-corrected chi connectivity index (χ4v) is 2.16. The molecule has 0 fully saturated rings. The highest BCUT2D eigenvalue weighted by atomic mass is 127. The highest BCUT2D eigenvalue weighted by Gasteiger charge is 2.40. The van der Waals surface area contributed by atoms with Crippen LogP contribution in [0.5, 0.6) is 5.88 Å². The Hall–Kier alpha value is -0.450. The zero-order valence-electron chi connectivity index (χ0n) is 8.16. The normalized spacial score (nSPS) is 12.7. The Morgan fingerprint density at radius 2 is 1.78 bits per heavy atom. The van der Waals surface area contributed by atoms with Gasteiger partial charge in [0.25, 0.3) is 0 Å². The summed E-state index contributed by atoms with van der Waals surface area (Å²) < 4.78 is 77.1. The van der Waals surface area contributed by atoms with Crippen LogP contribution in [0, 0.1) is 3.57 Å². The minimum atomic E-state index is -5.14. The van der Waals surface area contributed by atoms with E-state index in [1.165, 1.54) is 22.6 Å². The Morgan fingerprint density at radius 3 is 2.17 bits per heavy atom. The van der Waals surface area contributed by atoms with E-state index in [4.69, 9.17) is 11.6 Å². The Bertz CT molecular complexity index is 446. The number of nitrogens with zero attached hydrogens (tertiary/aromatic N) is 1. The van der Waals surface area contributed by atoms with Crippen LogP contribution < -0.4 is 4.74 Å². The fourth-order valence-electron chi connectivity index (χ4n) is 1.14. The van der Waals surface area contributed by atoms with Crippen molar-refractivity contribution in [3.8, 4) is 5.88 Å². The molecule has 0 amide bonds. The summed E-state index contributed by atoms with van der Waals surface area (Å²) in [5.74, 6) is -1.99. The average Bonchev–Trinajstić information content (AvgIpc) is 2.16. The van der Waals surface area contributed by atoms with E-state index in [2.05, 4.69) is 9.72 Å². The smallest absolute Gasteiger partial charge is 0.388 e. The van der Waals surface area contributed by atoms with Gasteiger partial charge in [-0.15, -0.1) is 24.8 Å². The molecule has 0 unspecified atom stereocenters. The number of aromatic nitrogens is 1. The third-order valence-electron chi connectivity index (χ3n) is 1.72. The molecule has 2 nitrogen and oxygen atoms in total. The molecule has 0 aromatic carbocycles.